The van der Waals surface area contributed by atoms with Gasteiger partial charge in [-0.3, -0.25) is 4.57 Å². The topological polar surface area (TPSA) is 71.8 Å². The maximum atomic E-state index is 13.2. The third-order valence-electron chi connectivity index (χ3n) is 4.99. The fraction of sp³-hybridized carbons (Fsp3) is 0.160. The Morgan fingerprint density at radius 3 is 2.21 bits per heavy atom. The van der Waals surface area contributed by atoms with Crippen molar-refractivity contribution in [3.63, 3.8) is 0 Å². The van der Waals surface area contributed by atoms with E-state index in [0.717, 1.165) is 22.4 Å². The largest absolute Gasteiger partial charge is 0.331 e. The molecule has 0 aliphatic heterocycles. The van der Waals surface area contributed by atoms with Gasteiger partial charge in [-0.15, -0.1) is 10.2 Å². The summed E-state index contributed by atoms with van der Waals surface area (Å²) in [6, 6.07) is 21.7. The highest BCUT2D eigenvalue weighted by molar-refractivity contribution is 7.98. The number of amides is 2. The molecule has 33 heavy (non-hydrogen) atoms. The van der Waals surface area contributed by atoms with E-state index in [1.54, 1.807) is 12.1 Å². The second-order valence-corrected chi connectivity index (χ2v) is 8.60. The second kappa shape index (κ2) is 10.3. The molecule has 0 bridgehead atoms. The lowest BCUT2D eigenvalue weighted by Crippen LogP contribution is -2.29. The molecule has 0 radical (unpaired) electrons. The van der Waals surface area contributed by atoms with Crippen LogP contribution in [0.2, 0.25) is 0 Å². The molecular weight excluding hydrogens is 437 g/mol. The van der Waals surface area contributed by atoms with Gasteiger partial charge in [-0.1, -0.05) is 59.3 Å². The van der Waals surface area contributed by atoms with Crippen LogP contribution in [0, 0.1) is 19.7 Å². The van der Waals surface area contributed by atoms with Crippen molar-refractivity contribution in [2.75, 3.05) is 5.32 Å². The summed E-state index contributed by atoms with van der Waals surface area (Å²) in [4.78, 5) is 12.4. The number of urea groups is 1. The quantitative estimate of drug-likeness (QED) is 0.350. The minimum absolute atomic E-state index is 0.204. The highest BCUT2D eigenvalue weighted by atomic mass is 32.2. The first kappa shape index (κ1) is 22.5. The Balaban J connectivity index is 1.50. The third kappa shape index (κ3) is 5.98. The number of nitrogens with zero attached hydrogens (tertiary/aromatic N) is 3. The minimum Gasteiger partial charge on any atom is -0.331 e. The van der Waals surface area contributed by atoms with Crippen molar-refractivity contribution in [3.05, 3.63) is 101 Å². The summed E-state index contributed by atoms with van der Waals surface area (Å²) in [6.07, 6.45) is 0. The Labute approximate surface area is 196 Å². The number of aromatic nitrogens is 3. The van der Waals surface area contributed by atoms with Crippen molar-refractivity contribution in [1.82, 2.24) is 20.1 Å². The predicted molar refractivity (Wildman–Crippen MR) is 129 cm³/mol. The number of carbonyl (C=O) groups excluding carboxylic acids is 1. The fourth-order valence-corrected chi connectivity index (χ4v) is 4.09. The van der Waals surface area contributed by atoms with E-state index in [2.05, 4.69) is 20.8 Å². The number of carbonyl (C=O) groups is 1. The van der Waals surface area contributed by atoms with Crippen LogP contribution in [0.3, 0.4) is 0 Å². The summed E-state index contributed by atoms with van der Waals surface area (Å²) in [5.41, 5.74) is 4.87. The Hall–Kier alpha value is -3.65. The Morgan fingerprint density at radius 2 is 1.55 bits per heavy atom. The fourth-order valence-electron chi connectivity index (χ4n) is 3.16. The van der Waals surface area contributed by atoms with Gasteiger partial charge in [-0.25, -0.2) is 9.18 Å². The molecule has 2 amide bonds. The second-order valence-electron chi connectivity index (χ2n) is 7.66. The van der Waals surface area contributed by atoms with E-state index < -0.39 is 0 Å². The minimum atomic E-state index is -0.321. The molecule has 0 fully saturated rings. The first-order chi connectivity index (χ1) is 16.0. The highest BCUT2D eigenvalue weighted by Gasteiger charge is 2.16. The molecule has 0 atom stereocenters. The van der Waals surface area contributed by atoms with Crippen LogP contribution in [-0.2, 0) is 12.3 Å². The number of anilines is 1. The SMILES string of the molecule is Cc1ccc(NC(=O)NCc2nnc(SCc3ccc(F)cc3)n2-c2ccc(C)cc2)cc1. The molecule has 1 heterocycles. The van der Waals surface area contributed by atoms with Crippen LogP contribution in [0.15, 0.2) is 78.0 Å². The monoisotopic (exact) mass is 461 g/mol. The maximum absolute atomic E-state index is 13.2. The van der Waals surface area contributed by atoms with Crippen molar-refractivity contribution in [1.29, 1.82) is 0 Å². The summed E-state index contributed by atoms with van der Waals surface area (Å²) in [5.74, 6) is 0.967. The van der Waals surface area contributed by atoms with Gasteiger partial charge in [0.25, 0.3) is 0 Å². The normalized spacial score (nSPS) is 10.8. The Bertz CT molecular complexity index is 1220. The first-order valence-electron chi connectivity index (χ1n) is 10.5. The van der Waals surface area contributed by atoms with E-state index >= 15 is 0 Å². The van der Waals surface area contributed by atoms with Crippen LogP contribution in [0.1, 0.15) is 22.5 Å². The van der Waals surface area contributed by atoms with E-state index in [1.165, 1.54) is 23.9 Å². The smallest absolute Gasteiger partial charge is 0.319 e. The predicted octanol–water partition coefficient (Wildman–Crippen LogP) is 5.64. The summed E-state index contributed by atoms with van der Waals surface area (Å²) in [7, 11) is 0. The van der Waals surface area contributed by atoms with Gasteiger partial charge >= 0.3 is 6.03 Å². The van der Waals surface area contributed by atoms with Crippen LogP contribution < -0.4 is 10.6 Å². The molecule has 168 valence electrons. The van der Waals surface area contributed by atoms with Crippen LogP contribution in [0.5, 0.6) is 0 Å². The van der Waals surface area contributed by atoms with E-state index in [1.807, 2.05) is 66.9 Å². The number of halogens is 1. The van der Waals surface area contributed by atoms with E-state index in [4.69, 9.17) is 0 Å². The van der Waals surface area contributed by atoms with Crippen LogP contribution >= 0.6 is 11.8 Å². The van der Waals surface area contributed by atoms with Gasteiger partial charge in [0.1, 0.15) is 5.82 Å². The summed E-state index contributed by atoms with van der Waals surface area (Å²) in [6.45, 7) is 4.22. The zero-order valence-electron chi connectivity index (χ0n) is 18.4. The van der Waals surface area contributed by atoms with Gasteiger partial charge in [0.2, 0.25) is 0 Å². The van der Waals surface area contributed by atoms with Crippen LogP contribution in [0.25, 0.3) is 5.69 Å². The molecule has 8 heteroatoms. The molecule has 0 saturated carbocycles. The summed E-state index contributed by atoms with van der Waals surface area (Å²) < 4.78 is 15.1. The van der Waals surface area contributed by atoms with Crippen LogP contribution in [0.4, 0.5) is 14.9 Å². The lowest BCUT2D eigenvalue weighted by atomic mass is 10.2. The van der Waals surface area contributed by atoms with Gasteiger partial charge in [-0.2, -0.15) is 0 Å². The van der Waals surface area contributed by atoms with Crippen molar-refractivity contribution < 1.29 is 9.18 Å². The number of hydrogen-bond donors (Lipinski definition) is 2. The van der Waals surface area contributed by atoms with Gasteiger partial charge in [0.05, 0.1) is 6.54 Å². The van der Waals surface area contributed by atoms with Crippen molar-refractivity contribution in [2.45, 2.75) is 31.3 Å². The molecule has 1 aromatic heterocycles. The molecule has 0 aliphatic rings. The Morgan fingerprint density at radius 1 is 0.909 bits per heavy atom. The molecule has 0 unspecified atom stereocenters. The number of aryl methyl sites for hydroxylation is 2. The molecule has 2 N–H and O–H groups in total. The average Bonchev–Trinajstić information content (AvgIpc) is 3.22. The first-order valence-corrected chi connectivity index (χ1v) is 11.5. The van der Waals surface area contributed by atoms with E-state index in [0.29, 0.717) is 22.4 Å². The van der Waals surface area contributed by atoms with Crippen molar-refractivity contribution in [3.8, 4) is 5.69 Å². The number of benzene rings is 3. The highest BCUT2D eigenvalue weighted by Crippen LogP contribution is 2.25. The molecule has 6 nitrogen and oxygen atoms in total. The summed E-state index contributed by atoms with van der Waals surface area (Å²) >= 11 is 1.50. The molecule has 0 aliphatic carbocycles. The molecule has 0 spiro atoms. The number of thioether (sulfide) groups is 1. The third-order valence-corrected chi connectivity index (χ3v) is 5.99. The van der Waals surface area contributed by atoms with Crippen molar-refractivity contribution >= 4 is 23.5 Å². The van der Waals surface area contributed by atoms with E-state index in [-0.39, 0.29) is 18.4 Å². The van der Waals surface area contributed by atoms with Gasteiger partial charge in [0.15, 0.2) is 11.0 Å². The zero-order valence-corrected chi connectivity index (χ0v) is 19.2. The standard InChI is InChI=1S/C25H24FN5OS/c1-17-3-11-21(12-4-17)28-24(32)27-15-23-29-30-25(31(23)22-13-5-18(2)6-14-22)33-16-19-7-9-20(26)10-8-19/h3-14H,15-16H2,1-2H3,(H2,27,28,32). The van der Waals surface area contributed by atoms with Crippen LogP contribution in [-0.4, -0.2) is 20.8 Å². The van der Waals surface area contributed by atoms with Gasteiger partial charge in [0, 0.05) is 17.1 Å². The average molecular weight is 462 g/mol. The maximum Gasteiger partial charge on any atom is 0.319 e. The van der Waals surface area contributed by atoms with Gasteiger partial charge < -0.3 is 10.6 Å². The van der Waals surface area contributed by atoms with E-state index in [9.17, 15) is 9.18 Å². The molecule has 0 saturated heterocycles. The lowest BCUT2D eigenvalue weighted by Gasteiger charge is -2.12. The summed E-state index contributed by atoms with van der Waals surface area (Å²) in [5, 5.41) is 15.0. The van der Waals surface area contributed by atoms with Crippen molar-refractivity contribution in [2.24, 2.45) is 0 Å². The Kier molecular flexibility index (Phi) is 7.04. The molecule has 4 rings (SSSR count). The molecule has 3 aromatic carbocycles. The zero-order chi connectivity index (χ0) is 23.2. The number of rotatable bonds is 7. The number of hydrogen-bond acceptors (Lipinski definition) is 4. The number of nitrogens with one attached hydrogen (secondary N) is 2. The lowest BCUT2D eigenvalue weighted by molar-refractivity contribution is 0.251. The molecular formula is C25H24FN5OS. The van der Waals surface area contributed by atoms with Gasteiger partial charge in [-0.05, 0) is 55.8 Å². The molecule has 4 aromatic rings.